The first-order chi connectivity index (χ1) is 15.5. The number of hydrogen-bond acceptors (Lipinski definition) is 5. The maximum Gasteiger partial charge on any atom is 0.254 e. The van der Waals surface area contributed by atoms with E-state index in [9.17, 15) is 14.4 Å². The second-order valence-corrected chi connectivity index (χ2v) is 9.29. The van der Waals surface area contributed by atoms with Crippen molar-refractivity contribution in [2.24, 2.45) is 5.92 Å². The molecule has 9 heteroatoms. The van der Waals surface area contributed by atoms with Crippen molar-refractivity contribution < 1.29 is 9.59 Å². The Morgan fingerprint density at radius 1 is 1.19 bits per heavy atom. The number of fused-ring (bicyclic) bond motifs is 1. The van der Waals surface area contributed by atoms with Crippen LogP contribution < -0.4 is 5.56 Å². The zero-order chi connectivity index (χ0) is 22.2. The Bertz CT molecular complexity index is 1090. The van der Waals surface area contributed by atoms with E-state index in [0.717, 1.165) is 37.1 Å². The van der Waals surface area contributed by atoms with Crippen molar-refractivity contribution in [3.05, 3.63) is 45.4 Å². The first-order valence-corrected chi connectivity index (χ1v) is 11.7. The summed E-state index contributed by atoms with van der Waals surface area (Å²) in [6.45, 7) is 4.77. The molecule has 2 amide bonds. The zero-order valence-corrected chi connectivity index (χ0v) is 18.5. The second-order valence-electron chi connectivity index (χ2n) is 9.29. The van der Waals surface area contributed by atoms with Crippen LogP contribution >= 0.6 is 0 Å². The van der Waals surface area contributed by atoms with Crippen molar-refractivity contribution in [2.75, 3.05) is 19.6 Å². The van der Waals surface area contributed by atoms with Crippen molar-refractivity contribution in [1.29, 1.82) is 0 Å². The van der Waals surface area contributed by atoms with Gasteiger partial charge in [-0.05, 0) is 38.7 Å². The molecule has 2 aliphatic heterocycles. The van der Waals surface area contributed by atoms with Crippen LogP contribution in [0.1, 0.15) is 60.8 Å². The van der Waals surface area contributed by atoms with E-state index in [2.05, 4.69) is 10.1 Å². The summed E-state index contributed by atoms with van der Waals surface area (Å²) in [5, 5.41) is 4.23. The number of nitrogens with zero attached hydrogens (tertiary/aromatic N) is 5. The Morgan fingerprint density at radius 2 is 2.03 bits per heavy atom. The molecule has 1 saturated carbocycles. The number of amides is 2. The van der Waals surface area contributed by atoms with Gasteiger partial charge in [-0.2, -0.15) is 5.10 Å². The lowest BCUT2D eigenvalue weighted by atomic mass is 9.84. The van der Waals surface area contributed by atoms with Crippen LogP contribution in [0, 0.1) is 12.8 Å². The fourth-order valence-corrected chi connectivity index (χ4v) is 4.96. The summed E-state index contributed by atoms with van der Waals surface area (Å²) in [7, 11) is 0. The van der Waals surface area contributed by atoms with E-state index in [1.54, 1.807) is 6.20 Å². The lowest BCUT2D eigenvalue weighted by Crippen LogP contribution is -2.43. The monoisotopic (exact) mass is 438 g/mol. The molecule has 0 unspecified atom stereocenters. The molecule has 4 heterocycles. The van der Waals surface area contributed by atoms with Crippen LogP contribution in [0.3, 0.4) is 0 Å². The van der Waals surface area contributed by atoms with Gasteiger partial charge >= 0.3 is 0 Å². The van der Waals surface area contributed by atoms with Gasteiger partial charge in [-0.15, -0.1) is 0 Å². The molecule has 0 spiro atoms. The number of aromatic nitrogens is 4. The van der Waals surface area contributed by atoms with E-state index < -0.39 is 0 Å². The second kappa shape index (κ2) is 8.52. The predicted molar refractivity (Wildman–Crippen MR) is 117 cm³/mol. The Morgan fingerprint density at radius 3 is 2.75 bits per heavy atom. The molecular formula is C23H30N6O3. The first kappa shape index (κ1) is 20.9. The number of hydrogen-bond donors (Lipinski definition) is 1. The van der Waals surface area contributed by atoms with E-state index in [0.29, 0.717) is 57.0 Å². The average molecular weight is 439 g/mol. The molecule has 170 valence electrons. The lowest BCUT2D eigenvalue weighted by Gasteiger charge is -2.34. The fourth-order valence-electron chi connectivity index (χ4n) is 4.96. The lowest BCUT2D eigenvalue weighted by molar-refractivity contribution is -0.139. The van der Waals surface area contributed by atoms with Gasteiger partial charge in [0.2, 0.25) is 11.8 Å². The summed E-state index contributed by atoms with van der Waals surface area (Å²) >= 11 is 0. The van der Waals surface area contributed by atoms with E-state index >= 15 is 0 Å². The van der Waals surface area contributed by atoms with Gasteiger partial charge in [0.15, 0.2) is 0 Å². The largest absolute Gasteiger partial charge is 0.342 e. The summed E-state index contributed by atoms with van der Waals surface area (Å²) < 4.78 is 1.84. The minimum absolute atomic E-state index is 0.0149. The minimum Gasteiger partial charge on any atom is -0.342 e. The quantitative estimate of drug-likeness (QED) is 0.759. The van der Waals surface area contributed by atoms with Crippen molar-refractivity contribution in [3.8, 4) is 0 Å². The molecule has 1 atom stereocenters. The molecule has 1 saturated heterocycles. The molecular weight excluding hydrogens is 408 g/mol. The van der Waals surface area contributed by atoms with E-state index in [1.807, 2.05) is 27.5 Å². The predicted octanol–water partition coefficient (Wildman–Crippen LogP) is 1.37. The Kier molecular flexibility index (Phi) is 5.57. The van der Waals surface area contributed by atoms with Gasteiger partial charge in [-0.1, -0.05) is 6.42 Å². The number of H-pyrrole nitrogens is 1. The molecule has 0 aromatic carbocycles. The van der Waals surface area contributed by atoms with Crippen LogP contribution in [0.25, 0.3) is 0 Å². The van der Waals surface area contributed by atoms with Gasteiger partial charge in [-0.3, -0.25) is 19.1 Å². The van der Waals surface area contributed by atoms with Gasteiger partial charge < -0.3 is 14.8 Å². The molecule has 1 N–H and O–H groups in total. The molecule has 2 fully saturated rings. The maximum atomic E-state index is 12.7. The molecule has 1 aliphatic carbocycles. The third-order valence-corrected chi connectivity index (χ3v) is 7.25. The van der Waals surface area contributed by atoms with Gasteiger partial charge in [0.1, 0.15) is 5.82 Å². The normalized spacial score (nSPS) is 20.8. The summed E-state index contributed by atoms with van der Waals surface area (Å²) in [6, 6.07) is 1.93. The molecule has 2 aromatic rings. The number of aryl methyl sites for hydroxylation is 2. The molecule has 9 nitrogen and oxygen atoms in total. The van der Waals surface area contributed by atoms with Crippen LogP contribution in [0.5, 0.6) is 0 Å². The van der Waals surface area contributed by atoms with E-state index in [4.69, 9.17) is 4.98 Å². The topological polar surface area (TPSA) is 104 Å². The molecule has 0 radical (unpaired) electrons. The summed E-state index contributed by atoms with van der Waals surface area (Å²) in [6.07, 6.45) is 6.55. The summed E-state index contributed by atoms with van der Waals surface area (Å²) in [5.74, 6) is 1.11. The smallest absolute Gasteiger partial charge is 0.254 e. The number of carbonyl (C=O) groups excluding carboxylic acids is 2. The highest BCUT2D eigenvalue weighted by atomic mass is 16.2. The highest BCUT2D eigenvalue weighted by molar-refractivity contribution is 5.79. The standard InChI is InChI=1S/C23H30N6O3/c1-15-5-9-24-29(15)12-8-20(30)27-10-6-17(13-27)21-25-19-14-28(23(32)16-3-2-4-16)11-7-18(19)22(31)26-21/h5,9,16-17H,2-4,6-8,10-14H2,1H3,(H,25,26,31)/t17-/m1/s1. The highest BCUT2D eigenvalue weighted by Crippen LogP contribution is 2.30. The number of likely N-dealkylation sites (tertiary alicyclic amines) is 1. The maximum absolute atomic E-state index is 12.7. The molecule has 3 aliphatic rings. The average Bonchev–Trinajstić information content (AvgIpc) is 3.39. The molecule has 32 heavy (non-hydrogen) atoms. The van der Waals surface area contributed by atoms with E-state index in [-0.39, 0.29) is 29.2 Å². The summed E-state index contributed by atoms with van der Waals surface area (Å²) in [5.41, 5.74) is 2.37. The Hall–Kier alpha value is -2.97. The molecule has 5 rings (SSSR count). The first-order valence-electron chi connectivity index (χ1n) is 11.7. The van der Waals surface area contributed by atoms with Gasteiger partial charge in [0.25, 0.3) is 5.56 Å². The van der Waals surface area contributed by atoms with Crippen LogP contribution in [-0.4, -0.2) is 61.0 Å². The fraction of sp³-hybridized carbons (Fsp3) is 0.609. The van der Waals surface area contributed by atoms with E-state index in [1.165, 1.54) is 0 Å². The number of aromatic amines is 1. The van der Waals surface area contributed by atoms with Crippen molar-refractivity contribution >= 4 is 11.8 Å². The van der Waals surface area contributed by atoms with Crippen molar-refractivity contribution in [1.82, 2.24) is 29.5 Å². The summed E-state index contributed by atoms with van der Waals surface area (Å²) in [4.78, 5) is 49.5. The minimum atomic E-state index is -0.0975. The van der Waals surface area contributed by atoms with Crippen LogP contribution in [0.15, 0.2) is 17.1 Å². The Balaban J connectivity index is 1.24. The Labute approximate surface area is 186 Å². The SMILES string of the molecule is Cc1ccnn1CCC(=O)N1CC[C@@H](c2nc3c(c(=O)[nH]2)CCN(C(=O)C2CCC2)C3)C1. The van der Waals surface area contributed by atoms with Gasteiger partial charge in [0, 0.05) is 61.9 Å². The number of carbonyl (C=O) groups is 2. The number of nitrogens with one attached hydrogen (secondary N) is 1. The number of rotatable bonds is 5. The van der Waals surface area contributed by atoms with Gasteiger partial charge in [-0.25, -0.2) is 4.98 Å². The van der Waals surface area contributed by atoms with Crippen LogP contribution in [-0.2, 0) is 29.1 Å². The molecule has 2 aromatic heterocycles. The van der Waals surface area contributed by atoms with Crippen molar-refractivity contribution in [2.45, 2.75) is 64.5 Å². The van der Waals surface area contributed by atoms with Gasteiger partial charge in [0.05, 0.1) is 12.2 Å². The van der Waals surface area contributed by atoms with Crippen LogP contribution in [0.2, 0.25) is 0 Å². The third kappa shape index (κ3) is 3.96. The zero-order valence-electron chi connectivity index (χ0n) is 18.5. The third-order valence-electron chi connectivity index (χ3n) is 7.25. The van der Waals surface area contributed by atoms with Crippen molar-refractivity contribution in [3.63, 3.8) is 0 Å². The molecule has 0 bridgehead atoms. The highest BCUT2D eigenvalue weighted by Gasteiger charge is 2.34. The van der Waals surface area contributed by atoms with Crippen LogP contribution in [0.4, 0.5) is 0 Å².